The van der Waals surface area contributed by atoms with Gasteiger partial charge in [0.15, 0.2) is 0 Å². The molecule has 23 heavy (non-hydrogen) atoms. The van der Waals surface area contributed by atoms with Gasteiger partial charge in [0.25, 0.3) is 0 Å². The molecule has 5 nitrogen and oxygen atoms in total. The van der Waals surface area contributed by atoms with Gasteiger partial charge in [-0.3, -0.25) is 0 Å². The first kappa shape index (κ1) is 19.3. The highest BCUT2D eigenvalue weighted by Gasteiger charge is 2.32. The van der Waals surface area contributed by atoms with Crippen LogP contribution in [0.3, 0.4) is 0 Å². The number of aliphatic hydroxyl groups excluding tert-OH is 1. The van der Waals surface area contributed by atoms with Gasteiger partial charge in [0, 0.05) is 0 Å². The van der Waals surface area contributed by atoms with E-state index in [0.717, 1.165) is 12.2 Å². The van der Waals surface area contributed by atoms with Crippen molar-refractivity contribution in [2.45, 2.75) is 53.2 Å². The Morgan fingerprint density at radius 2 is 1.83 bits per heavy atom. The molecule has 0 fully saturated rings. The maximum absolute atomic E-state index is 11.0. The van der Waals surface area contributed by atoms with Crippen molar-refractivity contribution in [2.24, 2.45) is 11.3 Å². The van der Waals surface area contributed by atoms with Gasteiger partial charge in [-0.05, 0) is 29.0 Å². The molecule has 0 heterocycles. The topological polar surface area (TPSA) is 78.8 Å². The molecular formula is C18H29NO4. The summed E-state index contributed by atoms with van der Waals surface area (Å²) >= 11 is 0. The molecule has 1 rings (SSSR count). The van der Waals surface area contributed by atoms with Crippen molar-refractivity contribution in [1.82, 2.24) is 5.32 Å². The number of amides is 1. The third-order valence-corrected chi connectivity index (χ3v) is 3.95. The number of hydrogen-bond acceptors (Lipinski definition) is 3. The fourth-order valence-corrected chi connectivity index (χ4v) is 2.11. The molecule has 1 aromatic carbocycles. The van der Waals surface area contributed by atoms with E-state index in [4.69, 9.17) is 9.84 Å². The fraction of sp³-hybridized carbons (Fsp3) is 0.611. The van der Waals surface area contributed by atoms with E-state index in [1.54, 1.807) is 12.1 Å². The van der Waals surface area contributed by atoms with E-state index >= 15 is 0 Å². The zero-order chi connectivity index (χ0) is 17.6. The number of ether oxygens (including phenoxy) is 1. The first-order chi connectivity index (χ1) is 10.6. The van der Waals surface area contributed by atoms with Gasteiger partial charge in [-0.2, -0.15) is 0 Å². The summed E-state index contributed by atoms with van der Waals surface area (Å²) in [4.78, 5) is 11.0. The Balaban J connectivity index is 2.89. The number of carboxylic acid groups (broad SMARTS) is 1. The van der Waals surface area contributed by atoms with Crippen LogP contribution in [0, 0.1) is 11.3 Å². The molecule has 0 spiro atoms. The molecule has 0 aliphatic carbocycles. The largest absolute Gasteiger partial charge is 0.493 e. The molecule has 0 aromatic heterocycles. The molecule has 3 N–H and O–H groups in total. The van der Waals surface area contributed by atoms with E-state index < -0.39 is 23.7 Å². The zero-order valence-corrected chi connectivity index (χ0v) is 14.7. The monoisotopic (exact) mass is 323 g/mol. The van der Waals surface area contributed by atoms with Crippen molar-refractivity contribution in [3.8, 4) is 5.75 Å². The Morgan fingerprint density at radius 1 is 1.26 bits per heavy atom. The van der Waals surface area contributed by atoms with Crippen LogP contribution in [0.2, 0.25) is 0 Å². The first-order valence-electron chi connectivity index (χ1n) is 8.05. The van der Waals surface area contributed by atoms with Gasteiger partial charge in [0.1, 0.15) is 5.75 Å². The summed E-state index contributed by atoms with van der Waals surface area (Å²) < 4.78 is 5.70. The average Bonchev–Trinajstić information content (AvgIpc) is 2.49. The lowest BCUT2D eigenvalue weighted by Gasteiger charge is -2.33. The maximum Gasteiger partial charge on any atom is 0.405 e. The van der Waals surface area contributed by atoms with Gasteiger partial charge >= 0.3 is 6.09 Å². The van der Waals surface area contributed by atoms with Gasteiger partial charge in [-0.15, -0.1) is 0 Å². The predicted octanol–water partition coefficient (Wildman–Crippen LogP) is 3.83. The second-order valence-corrected chi connectivity index (χ2v) is 7.13. The van der Waals surface area contributed by atoms with Crippen molar-refractivity contribution >= 4 is 6.09 Å². The summed E-state index contributed by atoms with van der Waals surface area (Å²) in [6.07, 6.45) is -0.943. The summed E-state index contributed by atoms with van der Waals surface area (Å²) in [6, 6.07) is 6.52. The van der Waals surface area contributed by atoms with Crippen molar-refractivity contribution in [3.05, 3.63) is 29.8 Å². The normalized spacial score (nSPS) is 15.6. The number of aliphatic hydroxyl groups is 1. The molecule has 0 bridgehead atoms. The Bertz CT molecular complexity index is 493. The lowest BCUT2D eigenvalue weighted by molar-refractivity contribution is 0.0288. The van der Waals surface area contributed by atoms with Gasteiger partial charge < -0.3 is 20.3 Å². The van der Waals surface area contributed by atoms with Crippen LogP contribution in [-0.2, 0) is 0 Å². The van der Waals surface area contributed by atoms with Crippen LogP contribution in [0.1, 0.15) is 52.6 Å². The first-order valence-corrected chi connectivity index (χ1v) is 8.05. The van der Waals surface area contributed by atoms with Gasteiger partial charge in [-0.1, -0.05) is 53.2 Å². The molecule has 0 aliphatic heterocycles. The van der Waals surface area contributed by atoms with E-state index in [1.165, 1.54) is 0 Å². The van der Waals surface area contributed by atoms with Gasteiger partial charge in [0.2, 0.25) is 0 Å². The van der Waals surface area contributed by atoms with Crippen LogP contribution < -0.4 is 10.1 Å². The molecule has 0 saturated carbocycles. The molecule has 0 saturated heterocycles. The highest BCUT2D eigenvalue weighted by atomic mass is 16.5. The average molecular weight is 323 g/mol. The van der Waals surface area contributed by atoms with E-state index in [-0.39, 0.29) is 0 Å². The van der Waals surface area contributed by atoms with Crippen LogP contribution in [0.25, 0.3) is 0 Å². The van der Waals surface area contributed by atoms with E-state index in [9.17, 15) is 9.90 Å². The van der Waals surface area contributed by atoms with Crippen LogP contribution in [-0.4, -0.2) is 29.0 Å². The predicted molar refractivity (Wildman–Crippen MR) is 90.8 cm³/mol. The lowest BCUT2D eigenvalue weighted by atomic mass is 9.82. The van der Waals surface area contributed by atoms with Crippen molar-refractivity contribution in [1.29, 1.82) is 0 Å². The molecule has 5 heteroatoms. The number of nitrogens with one attached hydrogen (secondary N) is 1. The SMILES string of the molecule is CC[C@H](C)COc1ccc(C(NC(=O)O)[C@@H](O)C(C)(C)C)cc1. The van der Waals surface area contributed by atoms with Crippen molar-refractivity contribution in [3.63, 3.8) is 0 Å². The lowest BCUT2D eigenvalue weighted by Crippen LogP contribution is -2.42. The van der Waals surface area contributed by atoms with Gasteiger partial charge in [0.05, 0.1) is 18.8 Å². The zero-order valence-electron chi connectivity index (χ0n) is 14.7. The van der Waals surface area contributed by atoms with Crippen LogP contribution in [0.15, 0.2) is 24.3 Å². The summed E-state index contributed by atoms with van der Waals surface area (Å²) in [5.74, 6) is 1.23. The van der Waals surface area contributed by atoms with Crippen LogP contribution in [0.5, 0.6) is 5.75 Å². The molecule has 0 aliphatic rings. The minimum atomic E-state index is -1.16. The summed E-state index contributed by atoms with van der Waals surface area (Å²) in [5.41, 5.74) is 0.268. The highest BCUT2D eigenvalue weighted by Crippen LogP contribution is 2.31. The quantitative estimate of drug-likeness (QED) is 0.712. The highest BCUT2D eigenvalue weighted by molar-refractivity contribution is 5.65. The number of rotatable bonds is 7. The van der Waals surface area contributed by atoms with E-state index in [0.29, 0.717) is 18.1 Å². The smallest absolute Gasteiger partial charge is 0.405 e. The Labute approximate surface area is 138 Å². The summed E-state index contributed by atoms with van der Waals surface area (Å²) in [7, 11) is 0. The molecule has 3 atom stereocenters. The Morgan fingerprint density at radius 3 is 2.26 bits per heavy atom. The summed E-state index contributed by atoms with van der Waals surface area (Å²) in [6.45, 7) is 10.5. The minimum Gasteiger partial charge on any atom is -0.493 e. The molecule has 130 valence electrons. The molecule has 1 aromatic rings. The maximum atomic E-state index is 11.0. The Kier molecular flexibility index (Phi) is 6.88. The van der Waals surface area contributed by atoms with Gasteiger partial charge in [-0.25, -0.2) is 4.79 Å². The number of carbonyl (C=O) groups is 1. The van der Waals surface area contributed by atoms with E-state index in [1.807, 2.05) is 32.9 Å². The molecule has 0 radical (unpaired) electrons. The van der Waals surface area contributed by atoms with Crippen LogP contribution in [0.4, 0.5) is 4.79 Å². The standard InChI is InChI=1S/C18H29NO4/c1-6-12(2)11-23-14-9-7-13(8-10-14)15(19-17(21)22)16(20)18(3,4)5/h7-10,12,15-16,19-20H,6,11H2,1-5H3,(H,21,22)/t12-,15?,16+/m0/s1. The second-order valence-electron chi connectivity index (χ2n) is 7.13. The minimum absolute atomic E-state index is 0.446. The summed E-state index contributed by atoms with van der Waals surface area (Å²) in [5, 5.41) is 21.9. The van der Waals surface area contributed by atoms with E-state index in [2.05, 4.69) is 19.2 Å². The van der Waals surface area contributed by atoms with Crippen molar-refractivity contribution in [2.75, 3.05) is 6.61 Å². The van der Waals surface area contributed by atoms with Crippen molar-refractivity contribution < 1.29 is 19.7 Å². The third kappa shape index (κ3) is 6.10. The number of hydrogen-bond donors (Lipinski definition) is 3. The molecule has 1 amide bonds. The Hall–Kier alpha value is -1.75. The molecular weight excluding hydrogens is 294 g/mol. The number of benzene rings is 1. The fourth-order valence-electron chi connectivity index (χ4n) is 2.11. The third-order valence-electron chi connectivity index (χ3n) is 3.95. The second kappa shape index (κ2) is 8.20. The van der Waals surface area contributed by atoms with Crippen LogP contribution >= 0.6 is 0 Å². The molecule has 1 unspecified atom stereocenters.